The Labute approximate surface area is 161 Å². The van der Waals surface area contributed by atoms with Gasteiger partial charge in [0.1, 0.15) is 0 Å². The number of hydrogen-bond acceptors (Lipinski definition) is 3. The summed E-state index contributed by atoms with van der Waals surface area (Å²) in [5.41, 5.74) is 0. The highest BCUT2D eigenvalue weighted by Crippen LogP contribution is 2.39. The lowest BCUT2D eigenvalue weighted by Crippen LogP contribution is -2.23. The SMILES string of the molecule is O=C(O)CCCC=CC[C@@H]1[C@@H](C=C[C@@H](O)C2CCCCC2)[C@H](O)C[C@H]1Cl. The third kappa shape index (κ3) is 6.71. The lowest BCUT2D eigenvalue weighted by molar-refractivity contribution is -0.137. The van der Waals surface area contributed by atoms with E-state index in [1.54, 1.807) is 0 Å². The third-order valence-corrected chi connectivity index (χ3v) is 6.37. The zero-order valence-corrected chi connectivity index (χ0v) is 16.2. The number of allylic oxidation sites excluding steroid dienone is 2. The van der Waals surface area contributed by atoms with Gasteiger partial charge < -0.3 is 15.3 Å². The van der Waals surface area contributed by atoms with Crippen molar-refractivity contribution in [1.82, 2.24) is 0 Å². The van der Waals surface area contributed by atoms with Gasteiger partial charge in [0.05, 0.1) is 12.2 Å². The van der Waals surface area contributed by atoms with E-state index in [0.29, 0.717) is 18.8 Å². The number of aliphatic hydroxyl groups is 2. The molecule has 0 aromatic rings. The molecule has 26 heavy (non-hydrogen) atoms. The number of aliphatic carboxylic acids is 1. The molecule has 0 radical (unpaired) electrons. The molecule has 0 spiro atoms. The van der Waals surface area contributed by atoms with Crippen molar-refractivity contribution < 1.29 is 20.1 Å². The van der Waals surface area contributed by atoms with Crippen LogP contribution in [0.5, 0.6) is 0 Å². The quantitative estimate of drug-likeness (QED) is 0.315. The Balaban J connectivity index is 1.84. The standard InChI is InChI=1S/C21H33ClO4/c22-18-14-20(24)17(12-13-19(23)15-8-4-3-5-9-15)16(18)10-6-1-2-7-11-21(25)26/h1,6,12-13,15-20,23-24H,2-5,7-11,14H2,(H,25,26)/t16-,17-,18-,19-,20-/m1/s1. The van der Waals surface area contributed by atoms with E-state index in [1.165, 1.54) is 19.3 Å². The largest absolute Gasteiger partial charge is 0.481 e. The van der Waals surface area contributed by atoms with E-state index >= 15 is 0 Å². The highest BCUT2D eigenvalue weighted by Gasteiger charge is 2.39. The fourth-order valence-corrected chi connectivity index (χ4v) is 4.74. The lowest BCUT2D eigenvalue weighted by Gasteiger charge is -2.25. The Bertz CT molecular complexity index is 484. The molecule has 148 valence electrons. The minimum Gasteiger partial charge on any atom is -0.481 e. The second-order valence-corrected chi connectivity index (χ2v) is 8.39. The molecule has 0 aliphatic heterocycles. The summed E-state index contributed by atoms with van der Waals surface area (Å²) in [6.07, 6.45) is 15.8. The van der Waals surface area contributed by atoms with Gasteiger partial charge in [0.2, 0.25) is 0 Å². The van der Waals surface area contributed by atoms with E-state index in [4.69, 9.17) is 16.7 Å². The number of hydrogen-bond donors (Lipinski definition) is 3. The first-order valence-electron chi connectivity index (χ1n) is 10.0. The maximum absolute atomic E-state index is 10.5. The molecule has 4 nitrogen and oxygen atoms in total. The highest BCUT2D eigenvalue weighted by atomic mass is 35.5. The zero-order valence-electron chi connectivity index (χ0n) is 15.5. The second kappa shape index (κ2) is 11.1. The normalized spacial score (nSPS) is 31.8. The molecule has 2 rings (SSSR count). The molecule has 0 saturated heterocycles. The van der Waals surface area contributed by atoms with Crippen molar-refractivity contribution in [3.05, 3.63) is 24.3 Å². The van der Waals surface area contributed by atoms with Gasteiger partial charge in [-0.1, -0.05) is 43.6 Å². The van der Waals surface area contributed by atoms with Crippen LogP contribution in [0.3, 0.4) is 0 Å². The molecular formula is C21H33ClO4. The van der Waals surface area contributed by atoms with Crippen molar-refractivity contribution >= 4 is 17.6 Å². The number of rotatable bonds is 9. The molecule has 0 amide bonds. The number of alkyl halides is 1. The summed E-state index contributed by atoms with van der Waals surface area (Å²) in [6, 6.07) is 0. The number of halogens is 1. The van der Waals surface area contributed by atoms with Gasteiger partial charge in [0.25, 0.3) is 0 Å². The summed E-state index contributed by atoms with van der Waals surface area (Å²) in [4.78, 5) is 10.5. The van der Waals surface area contributed by atoms with Crippen LogP contribution in [0.15, 0.2) is 24.3 Å². The van der Waals surface area contributed by atoms with Crippen LogP contribution in [0.2, 0.25) is 0 Å². The Morgan fingerprint density at radius 1 is 1.19 bits per heavy atom. The molecule has 0 heterocycles. The molecule has 0 unspecified atom stereocenters. The maximum Gasteiger partial charge on any atom is 0.303 e. The van der Waals surface area contributed by atoms with Gasteiger partial charge in [-0.15, -0.1) is 11.6 Å². The smallest absolute Gasteiger partial charge is 0.303 e. The predicted octanol–water partition coefficient (Wildman–Crippen LogP) is 4.29. The first-order valence-corrected chi connectivity index (χ1v) is 10.5. The summed E-state index contributed by atoms with van der Waals surface area (Å²) in [6.45, 7) is 0. The Morgan fingerprint density at radius 3 is 2.62 bits per heavy atom. The summed E-state index contributed by atoms with van der Waals surface area (Å²) in [5, 5.41) is 29.3. The van der Waals surface area contributed by atoms with Crippen molar-refractivity contribution in [2.24, 2.45) is 17.8 Å². The molecule has 0 bridgehead atoms. The van der Waals surface area contributed by atoms with Crippen LogP contribution in [-0.4, -0.2) is 38.9 Å². The van der Waals surface area contributed by atoms with Crippen molar-refractivity contribution in [1.29, 1.82) is 0 Å². The van der Waals surface area contributed by atoms with E-state index in [1.807, 2.05) is 18.2 Å². The minimum absolute atomic E-state index is 0.0283. The van der Waals surface area contributed by atoms with Crippen molar-refractivity contribution in [3.8, 4) is 0 Å². The molecule has 3 N–H and O–H groups in total. The van der Waals surface area contributed by atoms with Crippen molar-refractivity contribution in [2.45, 2.75) is 81.8 Å². The summed E-state index contributed by atoms with van der Waals surface area (Å²) in [7, 11) is 0. The number of unbranched alkanes of at least 4 members (excludes halogenated alkanes) is 1. The monoisotopic (exact) mass is 384 g/mol. The molecule has 0 aromatic heterocycles. The molecular weight excluding hydrogens is 352 g/mol. The minimum atomic E-state index is -0.764. The van der Waals surface area contributed by atoms with Gasteiger partial charge >= 0.3 is 5.97 Å². The highest BCUT2D eigenvalue weighted by molar-refractivity contribution is 6.21. The Morgan fingerprint density at radius 2 is 1.92 bits per heavy atom. The topological polar surface area (TPSA) is 77.8 Å². The average molecular weight is 385 g/mol. The van der Waals surface area contributed by atoms with Crippen LogP contribution < -0.4 is 0 Å². The van der Waals surface area contributed by atoms with Gasteiger partial charge in [-0.05, 0) is 50.4 Å². The molecule has 0 aromatic carbocycles. The van der Waals surface area contributed by atoms with Crippen LogP contribution in [0.4, 0.5) is 0 Å². The van der Waals surface area contributed by atoms with Crippen molar-refractivity contribution in [2.75, 3.05) is 0 Å². The van der Waals surface area contributed by atoms with E-state index < -0.39 is 18.2 Å². The molecule has 2 saturated carbocycles. The van der Waals surface area contributed by atoms with E-state index in [0.717, 1.165) is 25.7 Å². The van der Waals surface area contributed by atoms with E-state index in [2.05, 4.69) is 6.08 Å². The second-order valence-electron chi connectivity index (χ2n) is 7.83. The number of carboxylic acids is 1. The predicted molar refractivity (Wildman–Crippen MR) is 104 cm³/mol. The molecule has 2 fully saturated rings. The molecule has 2 aliphatic carbocycles. The van der Waals surface area contributed by atoms with E-state index in [9.17, 15) is 15.0 Å². The summed E-state index contributed by atoms with van der Waals surface area (Å²) < 4.78 is 0. The van der Waals surface area contributed by atoms with Gasteiger partial charge in [0.15, 0.2) is 0 Å². The number of carboxylic acid groups (broad SMARTS) is 1. The molecule has 2 aliphatic rings. The van der Waals surface area contributed by atoms with Gasteiger partial charge in [0, 0.05) is 17.7 Å². The van der Waals surface area contributed by atoms with Crippen LogP contribution in [0.25, 0.3) is 0 Å². The van der Waals surface area contributed by atoms with Gasteiger partial charge in [-0.3, -0.25) is 4.79 Å². The fourth-order valence-electron chi connectivity index (χ4n) is 4.28. The van der Waals surface area contributed by atoms with E-state index in [-0.39, 0.29) is 23.6 Å². The fraction of sp³-hybridized carbons (Fsp3) is 0.762. The molecule has 5 atom stereocenters. The first kappa shape index (κ1) is 21.5. The third-order valence-electron chi connectivity index (χ3n) is 5.87. The molecule has 5 heteroatoms. The zero-order chi connectivity index (χ0) is 18.9. The van der Waals surface area contributed by atoms with Crippen LogP contribution >= 0.6 is 11.6 Å². The first-order chi connectivity index (χ1) is 12.5. The van der Waals surface area contributed by atoms with Gasteiger partial charge in [-0.25, -0.2) is 0 Å². The van der Waals surface area contributed by atoms with Crippen LogP contribution in [0.1, 0.15) is 64.2 Å². The number of carbonyl (C=O) groups is 1. The average Bonchev–Trinajstić information content (AvgIpc) is 2.89. The summed E-state index contributed by atoms with van der Waals surface area (Å²) >= 11 is 6.45. The van der Waals surface area contributed by atoms with Crippen LogP contribution in [0, 0.1) is 17.8 Å². The summed E-state index contributed by atoms with van der Waals surface area (Å²) in [5.74, 6) is -0.297. The van der Waals surface area contributed by atoms with Gasteiger partial charge in [-0.2, -0.15) is 0 Å². The maximum atomic E-state index is 10.5. The lowest BCUT2D eigenvalue weighted by atomic mass is 9.84. The van der Waals surface area contributed by atoms with Crippen molar-refractivity contribution in [3.63, 3.8) is 0 Å². The van der Waals surface area contributed by atoms with Crippen LogP contribution in [-0.2, 0) is 4.79 Å². The Kier molecular flexibility index (Phi) is 9.17. The number of aliphatic hydroxyl groups excluding tert-OH is 2. The Hall–Kier alpha value is -0.840.